The molecule has 2 aliphatic rings. The van der Waals surface area contributed by atoms with Crippen LogP contribution in [0.2, 0.25) is 5.02 Å². The van der Waals surface area contributed by atoms with E-state index in [2.05, 4.69) is 5.32 Å². The Morgan fingerprint density at radius 3 is 2.75 bits per heavy atom. The summed E-state index contributed by atoms with van der Waals surface area (Å²) in [4.78, 5) is 38.5. The maximum Gasteiger partial charge on any atom is 0.293 e. The van der Waals surface area contributed by atoms with Gasteiger partial charge in [-0.3, -0.25) is 19.3 Å². The number of halogens is 1. The highest BCUT2D eigenvalue weighted by molar-refractivity contribution is 8.18. The number of carbonyl (C=O) groups excluding carboxylic acids is 3. The number of hydrogen-bond donors (Lipinski definition) is 1. The predicted molar refractivity (Wildman–Crippen MR) is 123 cm³/mol. The summed E-state index contributed by atoms with van der Waals surface area (Å²) in [7, 11) is 1.50. The largest absolute Gasteiger partial charge is 0.493 e. The molecular weight excluding hydrogens is 452 g/mol. The molecule has 1 aliphatic heterocycles. The fraction of sp³-hybridized carbons (Fsp3) is 0.261. The van der Waals surface area contributed by atoms with Gasteiger partial charge in [0.05, 0.1) is 18.6 Å². The van der Waals surface area contributed by atoms with E-state index in [4.69, 9.17) is 21.1 Å². The van der Waals surface area contributed by atoms with Gasteiger partial charge in [0.25, 0.3) is 17.1 Å². The van der Waals surface area contributed by atoms with E-state index in [0.29, 0.717) is 27.0 Å². The molecule has 1 N–H and O–H groups in total. The zero-order valence-corrected chi connectivity index (χ0v) is 18.9. The molecule has 7 nitrogen and oxygen atoms in total. The number of imide groups is 1. The lowest BCUT2D eigenvalue weighted by Gasteiger charge is -2.12. The van der Waals surface area contributed by atoms with Crippen molar-refractivity contribution in [3.8, 4) is 11.5 Å². The third kappa shape index (κ3) is 5.44. The van der Waals surface area contributed by atoms with Crippen LogP contribution in [-0.4, -0.2) is 41.7 Å². The van der Waals surface area contributed by atoms with E-state index < -0.39 is 0 Å². The van der Waals surface area contributed by atoms with Crippen LogP contribution in [0.15, 0.2) is 47.4 Å². The number of nitrogens with one attached hydrogen (secondary N) is 1. The number of benzene rings is 2. The van der Waals surface area contributed by atoms with Gasteiger partial charge in [0.2, 0.25) is 0 Å². The van der Waals surface area contributed by atoms with Gasteiger partial charge in [-0.25, -0.2) is 0 Å². The summed E-state index contributed by atoms with van der Waals surface area (Å²) >= 11 is 6.88. The van der Waals surface area contributed by atoms with Gasteiger partial charge in [0, 0.05) is 11.1 Å². The van der Waals surface area contributed by atoms with Crippen LogP contribution >= 0.6 is 23.4 Å². The minimum atomic E-state index is -0.365. The van der Waals surface area contributed by atoms with E-state index in [0.717, 1.165) is 30.2 Å². The zero-order chi connectivity index (χ0) is 22.7. The number of rotatable bonds is 8. The fourth-order valence-electron chi connectivity index (χ4n) is 3.14. The van der Waals surface area contributed by atoms with Crippen molar-refractivity contribution in [1.29, 1.82) is 0 Å². The maximum atomic E-state index is 12.8. The number of amides is 3. The predicted octanol–water partition coefficient (Wildman–Crippen LogP) is 4.24. The third-order valence-electron chi connectivity index (χ3n) is 4.89. The van der Waals surface area contributed by atoms with Crippen LogP contribution in [-0.2, 0) is 16.1 Å². The minimum Gasteiger partial charge on any atom is -0.493 e. The molecule has 1 heterocycles. The van der Waals surface area contributed by atoms with Crippen LogP contribution in [0.4, 0.5) is 4.79 Å². The molecule has 1 saturated heterocycles. The second-order valence-electron chi connectivity index (χ2n) is 7.44. The smallest absolute Gasteiger partial charge is 0.293 e. The maximum absolute atomic E-state index is 12.8. The molecule has 0 unspecified atom stereocenters. The summed E-state index contributed by atoms with van der Waals surface area (Å²) < 4.78 is 10.9. The van der Waals surface area contributed by atoms with Crippen molar-refractivity contribution in [2.75, 3.05) is 13.7 Å². The first kappa shape index (κ1) is 22.2. The SMILES string of the molecule is COc1cc(/C=C2\SC(=O)N(Cc3cccc(Cl)c3)C2=O)ccc1OCC(=O)NC1CC1. The standard InChI is InChI=1S/C23H21ClN2O5S/c1-30-19-10-14(5-8-18(19)31-13-21(27)25-17-6-7-17)11-20-22(28)26(23(29)32-20)12-15-3-2-4-16(24)9-15/h2-5,8-11,17H,6-7,12-13H2,1H3,(H,25,27)/b20-11-. The van der Waals surface area contributed by atoms with Gasteiger partial charge in [-0.2, -0.15) is 0 Å². The molecule has 2 fully saturated rings. The molecule has 166 valence electrons. The molecule has 32 heavy (non-hydrogen) atoms. The van der Waals surface area contributed by atoms with Crippen LogP contribution in [0.25, 0.3) is 6.08 Å². The lowest BCUT2D eigenvalue weighted by molar-refractivity contribution is -0.124. The lowest BCUT2D eigenvalue weighted by Crippen LogP contribution is -2.30. The second-order valence-corrected chi connectivity index (χ2v) is 8.87. The highest BCUT2D eigenvalue weighted by atomic mass is 35.5. The second kappa shape index (κ2) is 9.67. The van der Waals surface area contributed by atoms with Crippen molar-refractivity contribution in [3.63, 3.8) is 0 Å². The quantitative estimate of drug-likeness (QED) is 0.578. The minimum absolute atomic E-state index is 0.103. The summed E-state index contributed by atoms with van der Waals surface area (Å²) in [6, 6.07) is 12.4. The number of thioether (sulfide) groups is 1. The number of nitrogens with zero attached hydrogens (tertiary/aromatic N) is 1. The average molecular weight is 473 g/mol. The van der Waals surface area contributed by atoms with E-state index in [1.165, 1.54) is 12.0 Å². The molecule has 0 spiro atoms. The molecular formula is C23H21ClN2O5S. The molecule has 9 heteroatoms. The summed E-state index contributed by atoms with van der Waals surface area (Å²) in [5, 5.41) is 3.06. The van der Waals surface area contributed by atoms with Crippen molar-refractivity contribution in [2.45, 2.75) is 25.4 Å². The summed E-state index contributed by atoms with van der Waals surface area (Å²) in [6.07, 6.45) is 3.65. The van der Waals surface area contributed by atoms with E-state index >= 15 is 0 Å². The van der Waals surface area contributed by atoms with Gasteiger partial charge in [-0.05, 0) is 66.1 Å². The molecule has 2 aromatic rings. The molecule has 0 aromatic heterocycles. The zero-order valence-electron chi connectivity index (χ0n) is 17.3. The Bertz CT molecular complexity index is 1100. The van der Waals surface area contributed by atoms with Gasteiger partial charge in [0.15, 0.2) is 18.1 Å². The van der Waals surface area contributed by atoms with Crippen molar-refractivity contribution < 1.29 is 23.9 Å². The van der Waals surface area contributed by atoms with E-state index in [1.807, 2.05) is 6.07 Å². The van der Waals surface area contributed by atoms with Crippen molar-refractivity contribution in [1.82, 2.24) is 10.2 Å². The van der Waals surface area contributed by atoms with E-state index in [-0.39, 0.29) is 36.2 Å². The fourth-order valence-corrected chi connectivity index (χ4v) is 4.19. The van der Waals surface area contributed by atoms with Crippen LogP contribution in [0.3, 0.4) is 0 Å². The summed E-state index contributed by atoms with van der Waals surface area (Å²) in [5.41, 5.74) is 1.44. The number of methoxy groups -OCH3 is 1. The van der Waals surface area contributed by atoms with Crippen molar-refractivity contribution >= 4 is 46.5 Å². The Labute approximate surface area is 194 Å². The highest BCUT2D eigenvalue weighted by Crippen LogP contribution is 2.35. The normalized spacial score (nSPS) is 17.1. The molecule has 0 atom stereocenters. The van der Waals surface area contributed by atoms with Crippen molar-refractivity contribution in [3.05, 3.63) is 63.5 Å². The van der Waals surface area contributed by atoms with Gasteiger partial charge in [-0.1, -0.05) is 29.8 Å². The monoisotopic (exact) mass is 472 g/mol. The Balaban J connectivity index is 1.44. The first-order valence-corrected chi connectivity index (χ1v) is 11.2. The molecule has 0 radical (unpaired) electrons. The van der Waals surface area contributed by atoms with Crippen LogP contribution in [0.1, 0.15) is 24.0 Å². The summed E-state index contributed by atoms with van der Waals surface area (Å²) in [6.45, 7) is 0.0518. The molecule has 2 aromatic carbocycles. The van der Waals surface area contributed by atoms with Crippen LogP contribution in [0, 0.1) is 0 Å². The Kier molecular flexibility index (Phi) is 6.72. The van der Waals surface area contributed by atoms with Gasteiger partial charge >= 0.3 is 0 Å². The average Bonchev–Trinajstić information content (AvgIpc) is 3.55. The molecule has 3 amide bonds. The Morgan fingerprint density at radius 1 is 1.22 bits per heavy atom. The van der Waals surface area contributed by atoms with Crippen molar-refractivity contribution in [2.24, 2.45) is 0 Å². The lowest BCUT2D eigenvalue weighted by atomic mass is 10.1. The van der Waals surface area contributed by atoms with Gasteiger partial charge < -0.3 is 14.8 Å². The molecule has 1 aliphatic carbocycles. The van der Waals surface area contributed by atoms with E-state index in [1.54, 1.807) is 42.5 Å². The van der Waals surface area contributed by atoms with Crippen LogP contribution < -0.4 is 14.8 Å². The first-order chi connectivity index (χ1) is 15.4. The topological polar surface area (TPSA) is 84.9 Å². The van der Waals surface area contributed by atoms with E-state index in [9.17, 15) is 14.4 Å². The van der Waals surface area contributed by atoms with Gasteiger partial charge in [0.1, 0.15) is 0 Å². The third-order valence-corrected chi connectivity index (χ3v) is 6.03. The molecule has 1 saturated carbocycles. The first-order valence-electron chi connectivity index (χ1n) is 10.0. The Hall–Kier alpha value is -2.97. The van der Waals surface area contributed by atoms with Crippen LogP contribution in [0.5, 0.6) is 11.5 Å². The highest BCUT2D eigenvalue weighted by Gasteiger charge is 2.35. The van der Waals surface area contributed by atoms with Gasteiger partial charge in [-0.15, -0.1) is 0 Å². The summed E-state index contributed by atoms with van der Waals surface area (Å²) in [5.74, 6) is 0.309. The number of carbonyl (C=O) groups is 3. The molecule has 0 bridgehead atoms. The number of hydrogen-bond acceptors (Lipinski definition) is 6. The molecule has 4 rings (SSSR count). The Morgan fingerprint density at radius 2 is 2.03 bits per heavy atom. The number of ether oxygens (including phenoxy) is 2.